The molecule has 3 rings (SSSR count). The van der Waals surface area contributed by atoms with Crippen LogP contribution in [0.15, 0.2) is 30.5 Å². The predicted molar refractivity (Wildman–Crippen MR) is 84.5 cm³/mol. The SMILES string of the molecule is O=C(Cn1cc(NC(=O)C2CC2)nn1)NCCc1ccccc1F. The third-order valence-corrected chi connectivity index (χ3v) is 3.72. The Morgan fingerprint density at radius 3 is 2.83 bits per heavy atom. The van der Waals surface area contributed by atoms with Crippen LogP contribution in [0.25, 0.3) is 0 Å². The molecule has 1 heterocycles. The first-order valence-corrected chi connectivity index (χ1v) is 7.83. The molecule has 1 aromatic carbocycles. The zero-order chi connectivity index (χ0) is 16.9. The zero-order valence-electron chi connectivity index (χ0n) is 13.0. The van der Waals surface area contributed by atoms with Gasteiger partial charge in [0.25, 0.3) is 0 Å². The smallest absolute Gasteiger partial charge is 0.241 e. The van der Waals surface area contributed by atoms with Gasteiger partial charge in [-0.2, -0.15) is 0 Å². The van der Waals surface area contributed by atoms with Crippen LogP contribution in [0, 0.1) is 11.7 Å². The second-order valence-corrected chi connectivity index (χ2v) is 5.76. The average Bonchev–Trinajstić information content (AvgIpc) is 3.32. The van der Waals surface area contributed by atoms with Gasteiger partial charge in [-0.1, -0.05) is 23.4 Å². The number of nitrogens with zero attached hydrogens (tertiary/aromatic N) is 3. The quantitative estimate of drug-likeness (QED) is 0.796. The molecule has 1 aliphatic carbocycles. The number of hydrogen-bond donors (Lipinski definition) is 2. The molecule has 1 saturated carbocycles. The molecule has 0 saturated heterocycles. The molecular formula is C16H18FN5O2. The minimum absolute atomic E-state index is 0.0103. The van der Waals surface area contributed by atoms with Gasteiger partial charge in [0.15, 0.2) is 5.82 Å². The topological polar surface area (TPSA) is 88.9 Å². The van der Waals surface area contributed by atoms with E-state index in [2.05, 4.69) is 20.9 Å². The number of carbonyl (C=O) groups excluding carboxylic acids is 2. The monoisotopic (exact) mass is 331 g/mol. The van der Waals surface area contributed by atoms with E-state index in [9.17, 15) is 14.0 Å². The van der Waals surface area contributed by atoms with Crippen molar-refractivity contribution in [3.05, 3.63) is 41.8 Å². The second-order valence-electron chi connectivity index (χ2n) is 5.76. The zero-order valence-corrected chi connectivity index (χ0v) is 13.0. The highest BCUT2D eigenvalue weighted by atomic mass is 19.1. The summed E-state index contributed by atoms with van der Waals surface area (Å²) in [5, 5.41) is 13.0. The van der Waals surface area contributed by atoms with Crippen LogP contribution < -0.4 is 10.6 Å². The number of carbonyl (C=O) groups is 2. The van der Waals surface area contributed by atoms with Crippen molar-refractivity contribution in [1.82, 2.24) is 20.3 Å². The van der Waals surface area contributed by atoms with E-state index < -0.39 is 0 Å². The fourth-order valence-electron chi connectivity index (χ4n) is 2.25. The third-order valence-electron chi connectivity index (χ3n) is 3.72. The summed E-state index contributed by atoms with van der Waals surface area (Å²) >= 11 is 0. The van der Waals surface area contributed by atoms with E-state index in [0.717, 1.165) is 12.8 Å². The molecule has 1 fully saturated rings. The van der Waals surface area contributed by atoms with E-state index in [1.54, 1.807) is 18.2 Å². The molecule has 0 unspecified atom stereocenters. The highest BCUT2D eigenvalue weighted by Gasteiger charge is 2.30. The van der Waals surface area contributed by atoms with Crippen LogP contribution >= 0.6 is 0 Å². The molecule has 2 N–H and O–H groups in total. The summed E-state index contributed by atoms with van der Waals surface area (Å²) in [5.74, 6) is -0.172. The first kappa shape index (κ1) is 16.1. The maximum atomic E-state index is 13.5. The van der Waals surface area contributed by atoms with Crippen molar-refractivity contribution in [2.24, 2.45) is 5.92 Å². The summed E-state index contributed by atoms with van der Waals surface area (Å²) in [4.78, 5) is 23.5. The molecule has 1 aliphatic rings. The van der Waals surface area contributed by atoms with Gasteiger partial charge in [-0.25, -0.2) is 9.07 Å². The number of benzene rings is 1. The van der Waals surface area contributed by atoms with Crippen LogP contribution in [0.4, 0.5) is 10.2 Å². The third kappa shape index (κ3) is 4.37. The van der Waals surface area contributed by atoms with Gasteiger partial charge >= 0.3 is 0 Å². The Labute approximate surface area is 138 Å². The van der Waals surface area contributed by atoms with Crippen molar-refractivity contribution < 1.29 is 14.0 Å². The normalized spacial score (nSPS) is 13.5. The number of amides is 2. The van der Waals surface area contributed by atoms with Crippen molar-refractivity contribution >= 4 is 17.6 Å². The summed E-state index contributed by atoms with van der Waals surface area (Å²) < 4.78 is 14.8. The first-order valence-electron chi connectivity index (χ1n) is 7.83. The van der Waals surface area contributed by atoms with E-state index in [1.165, 1.54) is 16.9 Å². The van der Waals surface area contributed by atoms with Gasteiger partial charge in [0.05, 0.1) is 6.20 Å². The van der Waals surface area contributed by atoms with Gasteiger partial charge in [-0.15, -0.1) is 5.10 Å². The number of rotatable bonds is 7. The molecule has 7 nitrogen and oxygen atoms in total. The van der Waals surface area contributed by atoms with Gasteiger partial charge < -0.3 is 10.6 Å². The van der Waals surface area contributed by atoms with Crippen molar-refractivity contribution in [1.29, 1.82) is 0 Å². The molecule has 2 amide bonds. The Balaban J connectivity index is 1.42. The Hall–Kier alpha value is -2.77. The van der Waals surface area contributed by atoms with E-state index in [0.29, 0.717) is 24.3 Å². The molecule has 2 aromatic rings. The summed E-state index contributed by atoms with van der Waals surface area (Å²) in [5.41, 5.74) is 0.559. The number of anilines is 1. The number of nitrogens with one attached hydrogen (secondary N) is 2. The molecule has 0 spiro atoms. The summed E-state index contributed by atoms with van der Waals surface area (Å²) in [7, 11) is 0. The largest absolute Gasteiger partial charge is 0.354 e. The van der Waals surface area contributed by atoms with Crippen LogP contribution in [-0.4, -0.2) is 33.4 Å². The lowest BCUT2D eigenvalue weighted by atomic mass is 10.1. The van der Waals surface area contributed by atoms with Crippen LogP contribution in [0.2, 0.25) is 0 Å². The Morgan fingerprint density at radius 1 is 1.29 bits per heavy atom. The molecule has 126 valence electrons. The Kier molecular flexibility index (Phi) is 4.83. The number of halogens is 1. The van der Waals surface area contributed by atoms with Crippen LogP contribution in [0.3, 0.4) is 0 Å². The lowest BCUT2D eigenvalue weighted by Crippen LogP contribution is -2.29. The molecule has 24 heavy (non-hydrogen) atoms. The molecule has 0 radical (unpaired) electrons. The first-order chi connectivity index (χ1) is 11.6. The van der Waals surface area contributed by atoms with Crippen molar-refractivity contribution in [3.8, 4) is 0 Å². The van der Waals surface area contributed by atoms with Gasteiger partial charge in [0.2, 0.25) is 11.8 Å². The van der Waals surface area contributed by atoms with Crippen molar-refractivity contribution in [2.45, 2.75) is 25.8 Å². The highest BCUT2D eigenvalue weighted by molar-refractivity contribution is 5.93. The summed E-state index contributed by atoms with van der Waals surface area (Å²) in [6.45, 7) is 0.323. The maximum Gasteiger partial charge on any atom is 0.241 e. The standard InChI is InChI=1S/C16H18FN5O2/c17-13-4-2-1-3-11(13)7-8-18-15(23)10-22-9-14(20-21-22)19-16(24)12-5-6-12/h1-4,9,12H,5-8,10H2,(H,18,23)(H,19,24). The minimum Gasteiger partial charge on any atom is -0.354 e. The maximum absolute atomic E-state index is 13.5. The fourth-order valence-corrected chi connectivity index (χ4v) is 2.25. The predicted octanol–water partition coefficient (Wildman–Crippen LogP) is 1.12. The van der Waals surface area contributed by atoms with Gasteiger partial charge in [0.1, 0.15) is 12.4 Å². The van der Waals surface area contributed by atoms with Crippen LogP contribution in [0.5, 0.6) is 0 Å². The number of hydrogen-bond acceptors (Lipinski definition) is 4. The molecule has 0 bridgehead atoms. The summed E-state index contributed by atoms with van der Waals surface area (Å²) in [6.07, 6.45) is 3.74. The van der Waals surface area contributed by atoms with Crippen molar-refractivity contribution in [3.63, 3.8) is 0 Å². The lowest BCUT2D eigenvalue weighted by molar-refractivity contribution is -0.121. The molecule has 0 aliphatic heterocycles. The van der Waals surface area contributed by atoms with Crippen LogP contribution in [-0.2, 0) is 22.6 Å². The van der Waals surface area contributed by atoms with Crippen LogP contribution in [0.1, 0.15) is 18.4 Å². The van der Waals surface area contributed by atoms with E-state index in [1.807, 2.05) is 0 Å². The molecule has 8 heteroatoms. The number of aromatic nitrogens is 3. The lowest BCUT2D eigenvalue weighted by Gasteiger charge is -2.06. The highest BCUT2D eigenvalue weighted by Crippen LogP contribution is 2.29. The minimum atomic E-state index is -0.279. The van der Waals surface area contributed by atoms with Gasteiger partial charge in [-0.3, -0.25) is 9.59 Å². The molecule has 0 atom stereocenters. The van der Waals surface area contributed by atoms with Gasteiger partial charge in [0, 0.05) is 12.5 Å². The van der Waals surface area contributed by atoms with E-state index in [-0.39, 0.29) is 30.1 Å². The second kappa shape index (κ2) is 7.20. The molecule has 1 aromatic heterocycles. The average molecular weight is 331 g/mol. The Morgan fingerprint density at radius 2 is 2.08 bits per heavy atom. The fraction of sp³-hybridized carbons (Fsp3) is 0.375. The van der Waals surface area contributed by atoms with E-state index in [4.69, 9.17) is 0 Å². The van der Waals surface area contributed by atoms with Gasteiger partial charge in [-0.05, 0) is 30.9 Å². The van der Waals surface area contributed by atoms with Crippen molar-refractivity contribution in [2.75, 3.05) is 11.9 Å². The summed E-state index contributed by atoms with van der Waals surface area (Å²) in [6, 6.07) is 6.46. The Bertz CT molecular complexity index is 742. The van der Waals surface area contributed by atoms with E-state index >= 15 is 0 Å². The molecular weight excluding hydrogens is 313 g/mol.